The van der Waals surface area contributed by atoms with Crippen LogP contribution in [0.1, 0.15) is 5.56 Å². The van der Waals surface area contributed by atoms with Crippen molar-refractivity contribution in [3.63, 3.8) is 0 Å². The Bertz CT molecular complexity index is 563. The molecule has 2 rings (SSSR count). The third kappa shape index (κ3) is 2.20. The second-order valence-electron chi connectivity index (χ2n) is 4.14. The van der Waals surface area contributed by atoms with Crippen LogP contribution in [-0.2, 0) is 9.59 Å². The standard InChI is InChI=1S/C13H12N2O4/c1-14-11(17)10(12(18)15(2)13(14)19)7-8-3-5-9(16)6-4-8/h3-7,16H,1-2H3/p-1. The van der Waals surface area contributed by atoms with E-state index in [1.807, 2.05) is 0 Å². The molecule has 0 radical (unpaired) electrons. The van der Waals surface area contributed by atoms with Gasteiger partial charge in [0, 0.05) is 14.1 Å². The first-order valence-corrected chi connectivity index (χ1v) is 5.50. The number of carbonyl (C=O) groups is 3. The molecular weight excluding hydrogens is 248 g/mol. The summed E-state index contributed by atoms with van der Waals surface area (Å²) in [7, 11) is 2.62. The predicted molar refractivity (Wildman–Crippen MR) is 64.8 cm³/mol. The highest BCUT2D eigenvalue weighted by Gasteiger charge is 2.37. The van der Waals surface area contributed by atoms with Crippen molar-refractivity contribution in [2.24, 2.45) is 0 Å². The highest BCUT2D eigenvalue weighted by Crippen LogP contribution is 2.18. The molecule has 0 bridgehead atoms. The molecule has 6 heteroatoms. The van der Waals surface area contributed by atoms with E-state index in [4.69, 9.17) is 0 Å². The molecule has 4 amide bonds. The zero-order valence-electron chi connectivity index (χ0n) is 10.4. The fourth-order valence-electron chi connectivity index (χ4n) is 1.71. The first-order valence-electron chi connectivity index (χ1n) is 5.50. The molecule has 1 aliphatic heterocycles. The lowest BCUT2D eigenvalue weighted by molar-refractivity contribution is -0.268. The molecule has 0 aliphatic carbocycles. The summed E-state index contributed by atoms with van der Waals surface area (Å²) < 4.78 is 0. The first-order chi connectivity index (χ1) is 8.91. The van der Waals surface area contributed by atoms with Crippen molar-refractivity contribution in [1.29, 1.82) is 0 Å². The van der Waals surface area contributed by atoms with Crippen LogP contribution in [0.25, 0.3) is 6.08 Å². The summed E-state index contributed by atoms with van der Waals surface area (Å²) in [6.07, 6.45) is 1.36. The minimum absolute atomic E-state index is 0.108. The van der Waals surface area contributed by atoms with Crippen LogP contribution in [0.5, 0.6) is 5.75 Å². The van der Waals surface area contributed by atoms with Crippen LogP contribution < -0.4 is 5.11 Å². The van der Waals surface area contributed by atoms with Crippen molar-refractivity contribution >= 4 is 23.9 Å². The van der Waals surface area contributed by atoms with E-state index >= 15 is 0 Å². The lowest BCUT2D eigenvalue weighted by atomic mass is 10.1. The first kappa shape index (κ1) is 12.8. The quantitative estimate of drug-likeness (QED) is 0.532. The number of benzene rings is 1. The fourth-order valence-corrected chi connectivity index (χ4v) is 1.71. The molecule has 0 aromatic heterocycles. The molecule has 1 saturated heterocycles. The average Bonchev–Trinajstić information content (AvgIpc) is 2.41. The molecule has 0 N–H and O–H groups in total. The molecular formula is C13H11N2O4-. The Morgan fingerprint density at radius 2 is 1.42 bits per heavy atom. The molecule has 6 nitrogen and oxygen atoms in total. The minimum Gasteiger partial charge on any atom is -0.872 e. The van der Waals surface area contributed by atoms with Crippen molar-refractivity contribution in [3.8, 4) is 5.75 Å². The highest BCUT2D eigenvalue weighted by atomic mass is 16.3. The van der Waals surface area contributed by atoms with E-state index < -0.39 is 17.8 Å². The molecule has 1 aromatic carbocycles. The van der Waals surface area contributed by atoms with Crippen LogP contribution in [0.4, 0.5) is 4.79 Å². The summed E-state index contributed by atoms with van der Waals surface area (Å²) in [4.78, 5) is 37.1. The minimum atomic E-state index is -0.665. The number of hydrogen-bond donors (Lipinski definition) is 0. The van der Waals surface area contributed by atoms with Crippen LogP contribution in [0.15, 0.2) is 29.8 Å². The normalized spacial score (nSPS) is 16.1. The van der Waals surface area contributed by atoms with Gasteiger partial charge in [0.05, 0.1) is 0 Å². The van der Waals surface area contributed by atoms with Gasteiger partial charge in [0.25, 0.3) is 11.8 Å². The van der Waals surface area contributed by atoms with Crippen molar-refractivity contribution in [2.45, 2.75) is 0 Å². The molecule has 1 fully saturated rings. The number of imide groups is 2. The molecule has 19 heavy (non-hydrogen) atoms. The number of barbiturate groups is 1. The third-order valence-corrected chi connectivity index (χ3v) is 2.84. The Hall–Kier alpha value is -2.63. The zero-order valence-corrected chi connectivity index (χ0v) is 10.4. The summed E-state index contributed by atoms with van der Waals surface area (Å²) in [5.74, 6) is -1.47. The van der Waals surface area contributed by atoms with E-state index in [0.717, 1.165) is 9.80 Å². The van der Waals surface area contributed by atoms with Gasteiger partial charge < -0.3 is 5.11 Å². The summed E-state index contributed by atoms with van der Waals surface area (Å²) in [5, 5.41) is 11.0. The van der Waals surface area contributed by atoms with Gasteiger partial charge in [-0.05, 0) is 11.6 Å². The Labute approximate surface area is 109 Å². The van der Waals surface area contributed by atoms with E-state index in [-0.39, 0.29) is 11.3 Å². The highest BCUT2D eigenvalue weighted by molar-refractivity contribution is 6.30. The molecule has 0 atom stereocenters. The van der Waals surface area contributed by atoms with Gasteiger partial charge >= 0.3 is 6.03 Å². The van der Waals surface area contributed by atoms with Crippen LogP contribution in [0.2, 0.25) is 0 Å². The number of rotatable bonds is 1. The molecule has 0 unspecified atom stereocenters. The average molecular weight is 259 g/mol. The van der Waals surface area contributed by atoms with Gasteiger partial charge in [-0.25, -0.2) is 4.79 Å². The summed E-state index contributed by atoms with van der Waals surface area (Å²) in [6, 6.07) is 5.02. The van der Waals surface area contributed by atoms with Gasteiger partial charge in [-0.3, -0.25) is 19.4 Å². The number of carbonyl (C=O) groups excluding carboxylic acids is 3. The van der Waals surface area contributed by atoms with Gasteiger partial charge in [0.1, 0.15) is 5.57 Å². The number of likely N-dealkylation sites (N-methyl/N-ethyl adjacent to an activating group) is 2. The van der Waals surface area contributed by atoms with Gasteiger partial charge in [-0.2, -0.15) is 0 Å². The van der Waals surface area contributed by atoms with E-state index in [0.29, 0.717) is 5.56 Å². The monoisotopic (exact) mass is 259 g/mol. The fraction of sp³-hybridized carbons (Fsp3) is 0.154. The second kappa shape index (κ2) is 4.56. The Balaban J connectivity index is 2.42. The summed E-state index contributed by atoms with van der Waals surface area (Å²) in [6.45, 7) is 0. The van der Waals surface area contributed by atoms with E-state index in [9.17, 15) is 19.5 Å². The van der Waals surface area contributed by atoms with Crippen LogP contribution in [0, 0.1) is 0 Å². The number of urea groups is 1. The van der Waals surface area contributed by atoms with Crippen molar-refractivity contribution < 1.29 is 19.5 Å². The molecule has 0 spiro atoms. The summed E-state index contributed by atoms with van der Waals surface area (Å²) in [5.41, 5.74) is 0.440. The zero-order chi connectivity index (χ0) is 14.2. The largest absolute Gasteiger partial charge is 0.872 e. The lowest BCUT2D eigenvalue weighted by Crippen LogP contribution is -2.52. The molecule has 1 heterocycles. The lowest BCUT2D eigenvalue weighted by Gasteiger charge is -2.28. The van der Waals surface area contributed by atoms with Gasteiger partial charge in [-0.1, -0.05) is 24.3 Å². The smallest absolute Gasteiger partial charge is 0.333 e. The number of hydrogen-bond acceptors (Lipinski definition) is 4. The van der Waals surface area contributed by atoms with Gasteiger partial charge in [0.15, 0.2) is 0 Å². The maximum atomic E-state index is 11.9. The van der Waals surface area contributed by atoms with Crippen molar-refractivity contribution in [3.05, 3.63) is 35.4 Å². The molecule has 0 saturated carbocycles. The van der Waals surface area contributed by atoms with Crippen LogP contribution in [-0.4, -0.2) is 41.7 Å². The van der Waals surface area contributed by atoms with Gasteiger partial charge in [0.2, 0.25) is 0 Å². The summed E-state index contributed by atoms with van der Waals surface area (Å²) >= 11 is 0. The molecule has 1 aliphatic rings. The maximum Gasteiger partial charge on any atom is 0.333 e. The van der Waals surface area contributed by atoms with Gasteiger partial charge in [-0.15, -0.1) is 5.75 Å². The second-order valence-corrected chi connectivity index (χ2v) is 4.14. The van der Waals surface area contributed by atoms with Crippen LogP contribution >= 0.6 is 0 Å². The van der Waals surface area contributed by atoms with E-state index in [1.165, 1.54) is 44.4 Å². The maximum absolute atomic E-state index is 11.9. The molecule has 1 aromatic rings. The SMILES string of the molecule is CN1C(=O)C(=Cc2ccc([O-])cc2)C(=O)N(C)C1=O. The Morgan fingerprint density at radius 1 is 0.947 bits per heavy atom. The third-order valence-electron chi connectivity index (χ3n) is 2.84. The van der Waals surface area contributed by atoms with Crippen LogP contribution in [0.3, 0.4) is 0 Å². The molecule has 98 valence electrons. The number of amides is 4. The predicted octanol–water partition coefficient (Wildman–Crippen LogP) is 0.194. The van der Waals surface area contributed by atoms with Crippen molar-refractivity contribution in [2.75, 3.05) is 14.1 Å². The Morgan fingerprint density at radius 3 is 1.89 bits per heavy atom. The number of nitrogens with zero attached hydrogens (tertiary/aromatic N) is 2. The topological polar surface area (TPSA) is 80.8 Å². The van der Waals surface area contributed by atoms with Crippen molar-refractivity contribution in [1.82, 2.24) is 9.80 Å². The Kier molecular flexibility index (Phi) is 3.08. The van der Waals surface area contributed by atoms with E-state index in [2.05, 4.69) is 0 Å². The van der Waals surface area contributed by atoms with E-state index in [1.54, 1.807) is 0 Å².